The molecular formula is C15H21N3O2S. The number of likely N-dealkylation sites (tertiary alicyclic amines) is 2. The van der Waals surface area contributed by atoms with Crippen LogP contribution >= 0.6 is 11.3 Å². The van der Waals surface area contributed by atoms with Crippen molar-refractivity contribution in [3.05, 3.63) is 16.6 Å². The molecule has 2 amide bonds. The van der Waals surface area contributed by atoms with Crippen LogP contribution < -0.4 is 0 Å². The van der Waals surface area contributed by atoms with Crippen molar-refractivity contribution in [2.24, 2.45) is 5.92 Å². The number of piperidine rings is 1. The third-order valence-electron chi connectivity index (χ3n) is 4.82. The molecule has 0 aromatic carbocycles. The number of hydrogen-bond donors (Lipinski definition) is 0. The molecule has 1 aromatic heterocycles. The van der Waals surface area contributed by atoms with E-state index >= 15 is 0 Å². The Balaban J connectivity index is 1.61. The summed E-state index contributed by atoms with van der Waals surface area (Å²) in [6, 6.07) is 0. The molecule has 0 spiro atoms. The first-order valence-electron chi connectivity index (χ1n) is 7.42. The lowest BCUT2D eigenvalue weighted by Crippen LogP contribution is -2.46. The van der Waals surface area contributed by atoms with Gasteiger partial charge >= 0.3 is 0 Å². The molecule has 6 heteroatoms. The van der Waals surface area contributed by atoms with Crippen LogP contribution in [-0.2, 0) is 15.0 Å². The van der Waals surface area contributed by atoms with E-state index in [9.17, 15) is 9.59 Å². The number of thiazole rings is 1. The van der Waals surface area contributed by atoms with Crippen molar-refractivity contribution in [2.75, 3.05) is 26.7 Å². The number of rotatable bonds is 2. The Morgan fingerprint density at radius 2 is 2.14 bits per heavy atom. The fraction of sp³-hybridized carbons (Fsp3) is 0.667. The van der Waals surface area contributed by atoms with E-state index < -0.39 is 0 Å². The van der Waals surface area contributed by atoms with E-state index in [1.54, 1.807) is 23.3 Å². The van der Waals surface area contributed by atoms with E-state index in [-0.39, 0.29) is 23.1 Å². The number of carbonyl (C=O) groups excluding carboxylic acids is 2. The van der Waals surface area contributed by atoms with Gasteiger partial charge in [-0.1, -0.05) is 6.92 Å². The Labute approximate surface area is 129 Å². The number of carbonyl (C=O) groups is 2. The molecule has 0 saturated carbocycles. The molecule has 2 aliphatic rings. The van der Waals surface area contributed by atoms with E-state index in [1.807, 2.05) is 16.5 Å². The Bertz CT molecular complexity index is 535. The van der Waals surface area contributed by atoms with Crippen molar-refractivity contribution in [1.82, 2.24) is 14.8 Å². The molecule has 2 saturated heterocycles. The molecule has 0 radical (unpaired) electrons. The van der Waals surface area contributed by atoms with Gasteiger partial charge < -0.3 is 9.80 Å². The third-order valence-corrected chi connectivity index (χ3v) is 5.90. The maximum atomic E-state index is 12.5. The van der Waals surface area contributed by atoms with E-state index in [0.29, 0.717) is 13.0 Å². The van der Waals surface area contributed by atoms with Crippen LogP contribution in [0.3, 0.4) is 0 Å². The molecule has 5 nitrogen and oxygen atoms in total. The number of hydrogen-bond acceptors (Lipinski definition) is 4. The quantitative estimate of drug-likeness (QED) is 0.832. The van der Waals surface area contributed by atoms with Gasteiger partial charge in [-0.05, 0) is 12.8 Å². The van der Waals surface area contributed by atoms with E-state index in [2.05, 4.69) is 11.9 Å². The molecule has 0 unspecified atom stereocenters. The summed E-state index contributed by atoms with van der Waals surface area (Å²) in [5.41, 5.74) is 0.0905. The largest absolute Gasteiger partial charge is 0.345 e. The summed E-state index contributed by atoms with van der Waals surface area (Å²) >= 11 is 1.70. The molecule has 2 fully saturated rings. The fourth-order valence-electron chi connectivity index (χ4n) is 3.24. The molecule has 21 heavy (non-hydrogen) atoms. The van der Waals surface area contributed by atoms with Gasteiger partial charge in [-0.15, -0.1) is 11.3 Å². The van der Waals surface area contributed by atoms with Gasteiger partial charge in [-0.3, -0.25) is 9.59 Å². The zero-order chi connectivity index (χ0) is 15.0. The first kappa shape index (κ1) is 14.5. The highest BCUT2D eigenvalue weighted by atomic mass is 32.1. The molecule has 1 aromatic rings. The zero-order valence-electron chi connectivity index (χ0n) is 12.5. The van der Waals surface area contributed by atoms with Crippen molar-refractivity contribution in [3.63, 3.8) is 0 Å². The second-order valence-corrected chi connectivity index (χ2v) is 7.29. The van der Waals surface area contributed by atoms with E-state index in [1.165, 1.54) is 5.01 Å². The average Bonchev–Trinajstić information content (AvgIpc) is 3.10. The van der Waals surface area contributed by atoms with Gasteiger partial charge in [0.25, 0.3) is 0 Å². The summed E-state index contributed by atoms with van der Waals surface area (Å²) < 4.78 is 0. The minimum atomic E-state index is -0.147. The number of aromatic nitrogens is 1. The second-order valence-electron chi connectivity index (χ2n) is 6.40. The monoisotopic (exact) mass is 307 g/mol. The van der Waals surface area contributed by atoms with Crippen molar-refractivity contribution >= 4 is 23.2 Å². The Morgan fingerprint density at radius 3 is 2.67 bits per heavy atom. The smallest absolute Gasteiger partial charge is 0.227 e. The summed E-state index contributed by atoms with van der Waals surface area (Å²) in [7, 11) is 1.77. The first-order chi connectivity index (χ1) is 9.99. The maximum Gasteiger partial charge on any atom is 0.227 e. The number of amides is 2. The summed E-state index contributed by atoms with van der Waals surface area (Å²) in [5.74, 6) is 0.0820. The van der Waals surface area contributed by atoms with Crippen LogP contribution in [0.25, 0.3) is 0 Å². The van der Waals surface area contributed by atoms with Crippen molar-refractivity contribution < 1.29 is 9.59 Å². The summed E-state index contributed by atoms with van der Waals surface area (Å²) in [6.45, 7) is 4.34. The van der Waals surface area contributed by atoms with E-state index in [4.69, 9.17) is 0 Å². The van der Waals surface area contributed by atoms with Crippen LogP contribution in [0.1, 0.15) is 31.2 Å². The Kier molecular flexibility index (Phi) is 3.73. The van der Waals surface area contributed by atoms with E-state index in [0.717, 1.165) is 25.9 Å². The molecule has 2 aliphatic heterocycles. The van der Waals surface area contributed by atoms with Crippen LogP contribution in [0.15, 0.2) is 11.6 Å². The first-order valence-corrected chi connectivity index (χ1v) is 8.30. The Morgan fingerprint density at radius 1 is 1.43 bits per heavy atom. The van der Waals surface area contributed by atoms with Gasteiger partial charge in [-0.2, -0.15) is 0 Å². The van der Waals surface area contributed by atoms with Crippen LogP contribution in [0.2, 0.25) is 0 Å². The molecule has 1 atom stereocenters. The van der Waals surface area contributed by atoms with Crippen molar-refractivity contribution in [3.8, 4) is 0 Å². The standard InChI is InChI=1S/C15H21N3O2S/c1-15(14-16-5-8-21-14)3-6-18(7-4-15)13(20)11-9-12(19)17(2)10-11/h5,8,11H,3-4,6-7,9-10H2,1-2H3/t11-/m0/s1. The predicted octanol–water partition coefficient (Wildman–Crippen LogP) is 1.50. The highest BCUT2D eigenvalue weighted by Gasteiger charge is 2.39. The van der Waals surface area contributed by atoms with Crippen LogP contribution in [0.4, 0.5) is 0 Å². The molecule has 0 N–H and O–H groups in total. The lowest BCUT2D eigenvalue weighted by molar-refractivity contribution is -0.137. The van der Waals surface area contributed by atoms with Crippen LogP contribution in [-0.4, -0.2) is 53.3 Å². The average molecular weight is 307 g/mol. The summed E-state index contributed by atoms with van der Waals surface area (Å²) in [6.07, 6.45) is 4.11. The minimum absolute atomic E-state index is 0.0815. The van der Waals surface area contributed by atoms with Crippen LogP contribution in [0.5, 0.6) is 0 Å². The lowest BCUT2D eigenvalue weighted by atomic mass is 9.80. The SMILES string of the molecule is CN1C[C@@H](C(=O)N2CCC(C)(c3nccs3)CC2)CC1=O. The highest BCUT2D eigenvalue weighted by molar-refractivity contribution is 7.09. The summed E-state index contributed by atoms with van der Waals surface area (Å²) in [4.78, 5) is 32.1. The van der Waals surface area contributed by atoms with Gasteiger partial charge in [0.1, 0.15) is 0 Å². The van der Waals surface area contributed by atoms with Crippen molar-refractivity contribution in [2.45, 2.75) is 31.6 Å². The normalized spacial score (nSPS) is 25.4. The van der Waals surface area contributed by atoms with Gasteiger partial charge in [-0.25, -0.2) is 4.98 Å². The molecule has 3 rings (SSSR count). The van der Waals surface area contributed by atoms with Gasteiger partial charge in [0.05, 0.1) is 10.9 Å². The van der Waals surface area contributed by atoms with Gasteiger partial charge in [0.15, 0.2) is 0 Å². The third kappa shape index (κ3) is 2.69. The van der Waals surface area contributed by atoms with Crippen molar-refractivity contribution in [1.29, 1.82) is 0 Å². The highest BCUT2D eigenvalue weighted by Crippen LogP contribution is 2.36. The van der Waals surface area contributed by atoms with Crippen LogP contribution in [0, 0.1) is 5.92 Å². The molecule has 3 heterocycles. The number of nitrogens with zero attached hydrogens (tertiary/aromatic N) is 3. The lowest BCUT2D eigenvalue weighted by Gasteiger charge is -2.39. The fourth-order valence-corrected chi connectivity index (χ4v) is 4.10. The maximum absolute atomic E-state index is 12.5. The topological polar surface area (TPSA) is 53.5 Å². The predicted molar refractivity (Wildman–Crippen MR) is 81.0 cm³/mol. The molecular weight excluding hydrogens is 286 g/mol. The molecule has 0 bridgehead atoms. The molecule has 0 aliphatic carbocycles. The van der Waals surface area contributed by atoms with Gasteiger partial charge in [0.2, 0.25) is 11.8 Å². The minimum Gasteiger partial charge on any atom is -0.345 e. The molecule has 114 valence electrons. The second kappa shape index (κ2) is 5.40. The Hall–Kier alpha value is -1.43. The zero-order valence-corrected chi connectivity index (χ0v) is 13.4. The van der Waals surface area contributed by atoms with Gasteiger partial charge in [0, 0.05) is 50.1 Å². The summed E-state index contributed by atoms with van der Waals surface area (Å²) in [5, 5.41) is 3.18.